The molecule has 13 atom stereocenters. The van der Waals surface area contributed by atoms with E-state index in [0.29, 0.717) is 96.4 Å². The fourth-order valence-corrected chi connectivity index (χ4v) is 21.2. The van der Waals surface area contributed by atoms with Gasteiger partial charge in [-0.1, -0.05) is 146 Å². The first-order valence-electron chi connectivity index (χ1n) is 48.2. The van der Waals surface area contributed by atoms with Gasteiger partial charge in [0.2, 0.25) is 59.1 Å². The van der Waals surface area contributed by atoms with Gasteiger partial charge < -0.3 is 83.4 Å². The van der Waals surface area contributed by atoms with Crippen molar-refractivity contribution in [3.63, 3.8) is 0 Å². The monoisotopic (exact) mass is 1990 g/mol. The number of fused-ring (bicyclic) bond motifs is 1. The van der Waals surface area contributed by atoms with Crippen molar-refractivity contribution in [3.05, 3.63) is 178 Å². The molecule has 140 heavy (non-hydrogen) atoms. The molecular formula is C100H127F2N23O11S4. The lowest BCUT2D eigenvalue weighted by molar-refractivity contribution is -0.142. The highest BCUT2D eigenvalue weighted by Crippen LogP contribution is 2.41. The number of para-hydroxylation sites is 1. The van der Waals surface area contributed by atoms with Gasteiger partial charge in [0.1, 0.15) is 91.8 Å². The zero-order chi connectivity index (χ0) is 99.6. The Kier molecular flexibility index (Phi) is 38.2. The van der Waals surface area contributed by atoms with E-state index in [4.69, 9.17) is 4.98 Å². The minimum Gasteiger partial charge on any atom is -0.343 e. The van der Waals surface area contributed by atoms with Gasteiger partial charge >= 0.3 is 0 Å². The Bertz CT molecular complexity index is 5860. The largest absolute Gasteiger partial charge is 0.343 e. The minimum absolute atomic E-state index is 0.00851. The van der Waals surface area contributed by atoms with Crippen molar-refractivity contribution >= 4 is 137 Å². The van der Waals surface area contributed by atoms with E-state index >= 15 is 0 Å². The number of nitrogens with zero attached hydrogens (tertiary/aromatic N) is 11. The van der Waals surface area contributed by atoms with Gasteiger partial charge in [0.15, 0.2) is 0 Å². The summed E-state index contributed by atoms with van der Waals surface area (Å²) in [6, 6.07) is 32.8. The summed E-state index contributed by atoms with van der Waals surface area (Å²) in [7, 11) is 6.83. The van der Waals surface area contributed by atoms with Crippen molar-refractivity contribution in [2.75, 3.05) is 83.4 Å². The summed E-state index contributed by atoms with van der Waals surface area (Å²) in [5, 5.41) is 57.0. The first kappa shape index (κ1) is 105. The van der Waals surface area contributed by atoms with Crippen LogP contribution >= 0.6 is 45.7 Å². The molecule has 1 saturated carbocycles. The molecule has 0 radical (unpaired) electrons. The summed E-state index contributed by atoms with van der Waals surface area (Å²) >= 11 is 5.19. The Labute approximate surface area is 830 Å². The van der Waals surface area contributed by atoms with E-state index in [9.17, 15) is 61.5 Å². The van der Waals surface area contributed by atoms with Gasteiger partial charge in [-0.2, -0.15) is 16.4 Å². The molecule has 11 amide bonds. The second kappa shape index (κ2) is 50.8. The maximum Gasteiger partial charge on any atom is 0.250 e. The molecule has 0 unspecified atom stereocenters. The predicted molar refractivity (Wildman–Crippen MR) is 540 cm³/mol. The van der Waals surface area contributed by atoms with Crippen molar-refractivity contribution in [1.82, 2.24) is 101 Å². The Balaban J connectivity index is 0.000000157. The summed E-state index contributed by atoms with van der Waals surface area (Å²) in [4.78, 5) is 157. The van der Waals surface area contributed by atoms with Crippen LogP contribution in [0.2, 0.25) is 0 Å². The highest BCUT2D eigenvalue weighted by Gasteiger charge is 2.46. The number of thiophene rings is 1. The number of nitrogens with one attached hydrogen (secondary N) is 12. The molecular weight excluding hydrogens is 1870 g/mol. The fourth-order valence-electron chi connectivity index (χ4n) is 18.3. The first-order chi connectivity index (χ1) is 67.7. The third-order valence-corrected chi connectivity index (χ3v) is 30.0. The van der Waals surface area contributed by atoms with E-state index < -0.39 is 66.2 Å². The summed E-state index contributed by atoms with van der Waals surface area (Å²) in [6.07, 6.45) is 14.2. The summed E-state index contributed by atoms with van der Waals surface area (Å²) in [5.74, 6) is -2.84. The molecule has 5 aromatic heterocycles. The summed E-state index contributed by atoms with van der Waals surface area (Å²) in [5.41, 5.74) is 5.51. The average molecular weight is 1990 g/mol. The molecule has 6 aliphatic rings. The molecule has 5 saturated heterocycles. The van der Waals surface area contributed by atoms with Crippen LogP contribution in [0.4, 0.5) is 24.6 Å². The number of likely N-dealkylation sites (N-methyl/N-ethyl adjacent to an activating group) is 4. The first-order valence-corrected chi connectivity index (χ1v) is 51.6. The second-order valence-electron chi connectivity index (χ2n) is 36.0. The van der Waals surface area contributed by atoms with Crippen molar-refractivity contribution in [3.8, 4) is 39.5 Å². The maximum absolute atomic E-state index is 14.3. The lowest BCUT2D eigenvalue weighted by Crippen LogP contribution is -2.58. The molecule has 34 nitrogen and oxygen atoms in total. The minimum atomic E-state index is -0.854. The standard InChI is InChI=1S/C27H33FN4O2S.C26H35FN6O3.C24H33N7O3S.C23H26N6O3S2/c1-5-16(2)24(31-25(33)17(3)29-4)27(34)32-14-8-11-23(32)26-30-22(15-35-26)20-12-13-21(28)19-10-7-6-9-18(19)20;1-17(28-2)24(34)31-23(18-9-4-3-5-10-18)26(36)32-16-8-13-21(32)25(35)30-22-14-15-29-33(22)20-12-7-6-11-19(20)27;1-15(25-2)21(32)27-20(17-10-12-26-13-11-17)24(34)31-14-6-9-18(31)22(33)28-23-19(29-30-35-23)16-7-4-3-5-8-16;1-14(24-2)20(30)25-19(16-10-12-33-13-16)23(32)29-11-6-9-17(29)21(31)26-22-18(27-28-34-22)15-7-4-3-5-8-15/h6-7,9-10,12-13,15-17,23-24,29H,5,8,11,14H2,1-4H3,(H,31,33);6-7,11-12,14-15,17-18,21,23,28H,3-5,8-10,13,16H2,1-2H3,(H,30,35)(H,31,34);3-5,7-8,15,17-18,20,25-26H,6,9-14H2,1-2H3,(H,27,32)(H,28,33);3-5,7-8,10,12-14,17,19,24H,6,9,11H2,1-2H3,(H,25,30)(H,26,31)/t16-,17-,23-,24-;17-,21-,23-;15-,18-,20-;14-,17-,19-/m0000/s1. The number of rotatable bonds is 32. The number of carbonyl (C=O) groups excluding carboxylic acids is 11. The van der Waals surface area contributed by atoms with Gasteiger partial charge in [0, 0.05) is 82.8 Å². The van der Waals surface area contributed by atoms with Crippen molar-refractivity contribution in [1.29, 1.82) is 0 Å². The van der Waals surface area contributed by atoms with Crippen LogP contribution in [-0.4, -0.2) is 246 Å². The number of halogens is 2. The number of likely N-dealkylation sites (tertiary alicyclic amines) is 4. The molecule has 0 bridgehead atoms. The zero-order valence-corrected chi connectivity index (χ0v) is 83.8. The number of anilines is 3. The maximum atomic E-state index is 14.3. The van der Waals surface area contributed by atoms with Crippen LogP contribution in [0.5, 0.6) is 0 Å². The van der Waals surface area contributed by atoms with Gasteiger partial charge in [-0.25, -0.2) is 18.4 Å². The fraction of sp³-hybridized carbons (Fsp3) is 0.470. The highest BCUT2D eigenvalue weighted by molar-refractivity contribution is 7.11. The van der Waals surface area contributed by atoms with E-state index in [-0.39, 0.29) is 106 Å². The Hall–Kier alpha value is -12.2. The smallest absolute Gasteiger partial charge is 0.250 e. The Morgan fingerprint density at radius 3 is 1.46 bits per heavy atom. The lowest BCUT2D eigenvalue weighted by atomic mass is 9.83. The predicted octanol–water partition coefficient (Wildman–Crippen LogP) is 11.4. The molecule has 6 fully saturated rings. The van der Waals surface area contributed by atoms with Gasteiger partial charge in [-0.05, 0) is 216 Å². The van der Waals surface area contributed by atoms with Crippen LogP contribution in [-0.2, 0) is 52.7 Å². The molecule has 40 heteroatoms. The molecule has 10 heterocycles. The number of hydrogen-bond donors (Lipinski definition) is 12. The van der Waals surface area contributed by atoms with Crippen molar-refractivity contribution in [2.45, 2.75) is 217 Å². The van der Waals surface area contributed by atoms with Gasteiger partial charge in [-0.3, -0.25) is 52.7 Å². The number of hydrogen-bond acceptors (Lipinski definition) is 26. The van der Waals surface area contributed by atoms with Crippen molar-refractivity contribution < 1.29 is 61.5 Å². The molecule has 10 aromatic rings. The summed E-state index contributed by atoms with van der Waals surface area (Å²) in [6.45, 7) is 14.7. The number of thiazole rings is 1. The van der Waals surface area contributed by atoms with Crippen LogP contribution in [0.25, 0.3) is 50.2 Å². The van der Waals surface area contributed by atoms with Crippen LogP contribution in [0, 0.1) is 29.4 Å². The van der Waals surface area contributed by atoms with Crippen LogP contribution in [0.1, 0.15) is 167 Å². The Morgan fingerprint density at radius 1 is 0.464 bits per heavy atom. The highest BCUT2D eigenvalue weighted by atomic mass is 32.1. The Morgan fingerprint density at radius 2 is 0.943 bits per heavy atom. The number of piperidine rings is 1. The molecule has 16 rings (SSSR count). The molecule has 5 aliphatic heterocycles. The lowest BCUT2D eigenvalue weighted by Gasteiger charge is -2.35. The SMILES string of the molecule is CC[C@H](C)[C@H](NC(=O)[C@H](C)NC)C(=O)N1CCC[C@H]1c1nc(-c2ccc(F)c3ccccc23)cs1.CN[C@@H](C)C(=O)N[C@H](C(=O)N1CCC[C@H]1C(=O)Nc1ccnn1-c1ccccc1F)C1CCCCC1.CN[C@@H](C)C(=O)N[C@H](C(=O)N1CCC[C@H]1C(=O)Nc1snnc1-c1ccccc1)C1CCNCC1.CN[C@@H](C)C(=O)N[C@H](C(=O)N1CCC[C@H]1C(=O)Nc1snnc1-c1ccccc1)c1ccsc1. The van der Waals surface area contributed by atoms with Gasteiger partial charge in [0.05, 0.1) is 42.1 Å². The van der Waals surface area contributed by atoms with Crippen LogP contribution in [0.3, 0.4) is 0 Å². The van der Waals surface area contributed by atoms with Gasteiger partial charge in [0.25, 0.3) is 5.91 Å². The number of carbonyl (C=O) groups is 11. The molecule has 0 spiro atoms. The number of amides is 11. The number of benzene rings is 5. The molecule has 1 aliphatic carbocycles. The van der Waals surface area contributed by atoms with E-state index in [1.807, 2.05) is 120 Å². The summed E-state index contributed by atoms with van der Waals surface area (Å²) < 4.78 is 38.0. The molecule has 12 N–H and O–H groups in total. The quantitative estimate of drug-likeness (QED) is 0.0186. The third kappa shape index (κ3) is 26.0. The van der Waals surface area contributed by atoms with E-state index in [1.54, 1.807) is 107 Å². The van der Waals surface area contributed by atoms with Crippen LogP contribution < -0.4 is 63.8 Å². The number of aromatic nitrogens is 7. The van der Waals surface area contributed by atoms with Crippen LogP contribution in [0.15, 0.2) is 156 Å². The topological polar surface area (TPSA) is 427 Å². The second-order valence-corrected chi connectivity index (χ2v) is 39.2. The van der Waals surface area contributed by atoms with Gasteiger partial charge in [-0.15, -0.1) is 21.5 Å². The average Bonchev–Trinajstić information content (AvgIpc) is 1.60. The van der Waals surface area contributed by atoms with Crippen molar-refractivity contribution in [2.24, 2.45) is 17.8 Å². The van der Waals surface area contributed by atoms with E-state index in [0.717, 1.165) is 140 Å². The van der Waals surface area contributed by atoms with E-state index in [2.05, 4.69) is 88.1 Å². The van der Waals surface area contributed by atoms with E-state index in [1.165, 1.54) is 45.7 Å². The molecule has 5 aromatic carbocycles. The normalized spacial score (nSPS) is 19.0. The third-order valence-electron chi connectivity index (χ3n) is 27.1. The molecule has 746 valence electrons. The zero-order valence-electron chi connectivity index (χ0n) is 80.5.